The van der Waals surface area contributed by atoms with Crippen LogP contribution in [0.15, 0.2) is 42.4 Å². The molecule has 0 radical (unpaired) electrons. The number of rotatable bonds is 6. The van der Waals surface area contributed by atoms with E-state index in [1.54, 1.807) is 0 Å². The number of hydrogen-bond acceptors (Lipinski definition) is 6. The van der Waals surface area contributed by atoms with Crippen molar-refractivity contribution in [3.63, 3.8) is 0 Å². The van der Waals surface area contributed by atoms with Gasteiger partial charge in [-0.25, -0.2) is 0 Å². The number of nitrogens with zero attached hydrogens (tertiary/aromatic N) is 2. The molecule has 0 aliphatic carbocycles. The Hall–Kier alpha value is -3.23. The van der Waals surface area contributed by atoms with Crippen LogP contribution >= 0.6 is 0 Å². The molecule has 2 fully saturated rings. The molecule has 1 atom stereocenters. The van der Waals surface area contributed by atoms with Gasteiger partial charge in [-0.15, -0.1) is 0 Å². The van der Waals surface area contributed by atoms with Crippen molar-refractivity contribution in [2.45, 2.75) is 38.5 Å². The molecule has 2 aromatic rings. The van der Waals surface area contributed by atoms with Gasteiger partial charge in [0.25, 0.3) is 5.91 Å². The second-order valence-corrected chi connectivity index (χ2v) is 8.26. The van der Waals surface area contributed by atoms with Gasteiger partial charge in [-0.05, 0) is 29.6 Å². The maximum atomic E-state index is 13.3. The summed E-state index contributed by atoms with van der Waals surface area (Å²) in [5.74, 6) is -2.23. The summed E-state index contributed by atoms with van der Waals surface area (Å²) in [6.07, 6.45) is -0.0626. The maximum Gasteiger partial charge on any atom is 0.255 e. The smallest absolute Gasteiger partial charge is 0.255 e. The van der Waals surface area contributed by atoms with Crippen LogP contribution in [0.2, 0.25) is 0 Å². The molecular weight excluding hydrogens is 422 g/mol. The molecule has 0 spiro atoms. The van der Waals surface area contributed by atoms with Crippen molar-refractivity contribution in [3.8, 4) is 5.75 Å². The van der Waals surface area contributed by atoms with Crippen LogP contribution in [0.3, 0.4) is 0 Å². The number of carbonyl (C=O) groups excluding carboxylic acids is 3. The molecule has 172 valence electrons. The van der Waals surface area contributed by atoms with Gasteiger partial charge in [-0.1, -0.05) is 30.3 Å². The van der Waals surface area contributed by atoms with Crippen LogP contribution in [0, 0.1) is 0 Å². The summed E-state index contributed by atoms with van der Waals surface area (Å²) in [4.78, 5) is 40.4. The van der Waals surface area contributed by atoms with E-state index in [-0.39, 0.29) is 48.4 Å². The molecule has 2 aromatic carbocycles. The molecule has 1 N–H and O–H groups in total. The normalized spacial score (nSPS) is 24.4. The second-order valence-electron chi connectivity index (χ2n) is 8.26. The highest BCUT2D eigenvalue weighted by Gasteiger charge is 2.40. The molecule has 0 bridgehead atoms. The van der Waals surface area contributed by atoms with E-state index in [0.29, 0.717) is 0 Å². The fourth-order valence-corrected chi connectivity index (χ4v) is 4.17. The molecule has 8 heteroatoms. The summed E-state index contributed by atoms with van der Waals surface area (Å²) in [7, 11) is 0. The molecule has 3 aliphatic heterocycles. The number of morpholine rings is 1. The van der Waals surface area contributed by atoms with E-state index in [4.69, 9.17) is 15.0 Å². The fraction of sp³-hybridized carbons (Fsp3) is 0.400. The van der Waals surface area contributed by atoms with Crippen LogP contribution in [-0.4, -0.2) is 59.9 Å². The van der Waals surface area contributed by atoms with Crippen LogP contribution in [0.4, 0.5) is 0 Å². The second kappa shape index (κ2) is 9.33. The van der Waals surface area contributed by atoms with E-state index in [0.717, 1.165) is 54.9 Å². The number of benzene rings is 2. The average Bonchev–Trinajstić information content (AvgIpc) is 3.06. The van der Waals surface area contributed by atoms with E-state index in [2.05, 4.69) is 10.2 Å². The van der Waals surface area contributed by atoms with Crippen molar-refractivity contribution in [3.05, 3.63) is 64.7 Å². The number of piperidine rings is 1. The molecule has 3 aliphatic rings. The lowest BCUT2D eigenvalue weighted by atomic mass is 10.0. The monoisotopic (exact) mass is 453 g/mol. The third-order valence-corrected chi connectivity index (χ3v) is 6.00. The van der Waals surface area contributed by atoms with Gasteiger partial charge in [0.1, 0.15) is 18.4 Å². The van der Waals surface area contributed by atoms with Gasteiger partial charge >= 0.3 is 0 Å². The number of hydrogen-bond donors (Lipinski definition) is 1. The van der Waals surface area contributed by atoms with Gasteiger partial charge in [0.05, 0.1) is 25.2 Å². The maximum absolute atomic E-state index is 13.3. The molecule has 8 nitrogen and oxygen atoms in total. The lowest BCUT2D eigenvalue weighted by Gasteiger charge is -2.29. The minimum atomic E-state index is -2.51. The van der Waals surface area contributed by atoms with Gasteiger partial charge in [0.15, 0.2) is 0 Å². The van der Waals surface area contributed by atoms with Crippen molar-refractivity contribution >= 4 is 17.7 Å². The van der Waals surface area contributed by atoms with Gasteiger partial charge in [0.2, 0.25) is 11.8 Å². The number of amides is 3. The Bertz CT molecular complexity index is 1250. The molecule has 0 aromatic heterocycles. The summed E-state index contributed by atoms with van der Waals surface area (Å²) in [6.45, 7) is 1.52. The minimum absolute atomic E-state index is 0.0240. The number of imide groups is 1. The van der Waals surface area contributed by atoms with Crippen LogP contribution in [0.25, 0.3) is 0 Å². The molecule has 1 unspecified atom stereocenters. The highest BCUT2D eigenvalue weighted by Crippen LogP contribution is 2.34. The predicted molar refractivity (Wildman–Crippen MR) is 119 cm³/mol. The summed E-state index contributed by atoms with van der Waals surface area (Å²) in [5, 5.41) is 2.15. The fourth-order valence-electron chi connectivity index (χ4n) is 4.17. The van der Waals surface area contributed by atoms with Crippen LogP contribution in [0.5, 0.6) is 5.75 Å². The Morgan fingerprint density at radius 3 is 2.64 bits per heavy atom. The lowest BCUT2D eigenvalue weighted by molar-refractivity contribution is -0.136. The summed E-state index contributed by atoms with van der Waals surface area (Å²) >= 11 is 0. The highest BCUT2D eigenvalue weighted by atomic mass is 16.5. The van der Waals surface area contributed by atoms with E-state index < -0.39 is 30.3 Å². The van der Waals surface area contributed by atoms with E-state index in [9.17, 15) is 14.4 Å². The molecule has 33 heavy (non-hydrogen) atoms. The standard InChI is InChI=1S/C25H27N3O5/c29-23-9-8-21(24(30)26-23)28-15-20-19(25(28)31)2-1-3-22(20)33-16-18-6-4-17(5-7-18)14-27-10-12-32-13-11-27/h1-7,21H,8-16H2,(H,26,29,30)/i2D,3D,15D2. The molecule has 5 rings (SSSR count). The van der Waals surface area contributed by atoms with E-state index >= 15 is 0 Å². The molecule has 2 saturated heterocycles. The molecule has 3 heterocycles. The Labute approximate surface area is 198 Å². The molecule has 0 saturated carbocycles. The predicted octanol–water partition coefficient (Wildman–Crippen LogP) is 1.86. The number of fused-ring (bicyclic) bond motifs is 1. The Morgan fingerprint density at radius 2 is 1.88 bits per heavy atom. The Balaban J connectivity index is 1.38. The Kier molecular flexibility index (Phi) is 4.88. The van der Waals surface area contributed by atoms with Crippen LogP contribution in [0.1, 0.15) is 45.4 Å². The van der Waals surface area contributed by atoms with Gasteiger partial charge in [-0.3, -0.25) is 24.6 Å². The van der Waals surface area contributed by atoms with Crippen molar-refractivity contribution < 1.29 is 29.3 Å². The van der Waals surface area contributed by atoms with Crippen molar-refractivity contribution in [1.82, 2.24) is 15.1 Å². The average molecular weight is 454 g/mol. The lowest BCUT2D eigenvalue weighted by Crippen LogP contribution is -2.52. The quantitative estimate of drug-likeness (QED) is 0.672. The van der Waals surface area contributed by atoms with E-state index in [1.807, 2.05) is 24.3 Å². The molecular formula is C25H27N3O5. The largest absolute Gasteiger partial charge is 0.489 e. The summed E-state index contributed by atoms with van der Waals surface area (Å²) < 4.78 is 45.4. The summed E-state index contributed by atoms with van der Waals surface area (Å²) in [6, 6.07) is 7.15. The zero-order chi connectivity index (χ0) is 26.3. The third kappa shape index (κ3) is 4.62. The van der Waals surface area contributed by atoms with Crippen molar-refractivity contribution in [2.24, 2.45) is 0 Å². The first kappa shape index (κ1) is 17.3. The van der Waals surface area contributed by atoms with Crippen molar-refractivity contribution in [1.29, 1.82) is 0 Å². The first-order chi connectivity index (χ1) is 17.7. The van der Waals surface area contributed by atoms with Crippen molar-refractivity contribution in [2.75, 3.05) is 26.3 Å². The van der Waals surface area contributed by atoms with E-state index in [1.165, 1.54) is 0 Å². The first-order valence-electron chi connectivity index (χ1n) is 13.0. The SMILES string of the molecule is [2H]c1cc([2H])c2c(c1OCc1ccc(CN3CCOCC3)cc1)C([2H])([2H])N(C1CCC(=O)NC1=O)C2=O. The minimum Gasteiger partial charge on any atom is -0.489 e. The highest BCUT2D eigenvalue weighted by molar-refractivity contribution is 6.05. The summed E-state index contributed by atoms with van der Waals surface area (Å²) in [5.41, 5.74) is 1.46. The zero-order valence-electron chi connectivity index (χ0n) is 22.1. The first-order valence-corrected chi connectivity index (χ1v) is 11.0. The topological polar surface area (TPSA) is 88.2 Å². The number of carbonyl (C=O) groups is 3. The Morgan fingerprint density at radius 1 is 1.12 bits per heavy atom. The third-order valence-electron chi connectivity index (χ3n) is 6.00. The van der Waals surface area contributed by atoms with Crippen LogP contribution in [-0.2, 0) is 34.0 Å². The number of nitrogens with one attached hydrogen (secondary N) is 1. The van der Waals surface area contributed by atoms with Gasteiger partial charge in [-0.2, -0.15) is 0 Å². The molecule has 3 amide bonds. The van der Waals surface area contributed by atoms with Gasteiger partial charge in [0, 0.05) is 37.2 Å². The van der Waals surface area contributed by atoms with Gasteiger partial charge < -0.3 is 14.4 Å². The zero-order valence-corrected chi connectivity index (χ0v) is 18.1. The van der Waals surface area contributed by atoms with Crippen LogP contribution < -0.4 is 10.1 Å². The number of ether oxygens (including phenoxy) is 2.